The molecular formula is C11H19N3O2. The summed E-state index contributed by atoms with van der Waals surface area (Å²) in [5.41, 5.74) is 1.98. The number of aromatic nitrogens is 2. The van der Waals surface area contributed by atoms with Gasteiger partial charge < -0.3 is 10.4 Å². The minimum atomic E-state index is 0.0247. The summed E-state index contributed by atoms with van der Waals surface area (Å²) >= 11 is 0. The molecule has 1 amide bonds. The molecule has 2 N–H and O–H groups in total. The van der Waals surface area contributed by atoms with Gasteiger partial charge in [-0.05, 0) is 19.8 Å². The Balaban J connectivity index is 2.29. The molecule has 0 fully saturated rings. The number of aliphatic hydroxyl groups excluding tert-OH is 1. The highest BCUT2D eigenvalue weighted by Gasteiger charge is 2.05. The van der Waals surface area contributed by atoms with Crippen molar-refractivity contribution in [2.45, 2.75) is 32.7 Å². The van der Waals surface area contributed by atoms with E-state index in [0.717, 1.165) is 17.7 Å². The normalized spacial score (nSPS) is 10.4. The van der Waals surface area contributed by atoms with E-state index in [1.54, 1.807) is 4.68 Å². The number of carbonyl (C=O) groups is 1. The first kappa shape index (κ1) is 12.7. The van der Waals surface area contributed by atoms with Crippen LogP contribution in [0.2, 0.25) is 0 Å². The molecule has 0 unspecified atom stereocenters. The average Bonchev–Trinajstić information content (AvgIpc) is 2.55. The fourth-order valence-corrected chi connectivity index (χ4v) is 1.50. The van der Waals surface area contributed by atoms with E-state index in [9.17, 15) is 4.79 Å². The Morgan fingerprint density at radius 3 is 2.88 bits per heavy atom. The standard InChI is InChI=1S/C11H19N3O2/c1-9-10(8-14(2)13-9)7-12-11(16)5-3-4-6-15/h8,15H,3-7H2,1-2H3,(H,12,16). The van der Waals surface area contributed by atoms with Gasteiger partial charge in [0.2, 0.25) is 5.91 Å². The van der Waals surface area contributed by atoms with Gasteiger partial charge in [0.05, 0.1) is 5.69 Å². The Labute approximate surface area is 95.5 Å². The molecule has 0 spiro atoms. The van der Waals surface area contributed by atoms with E-state index < -0.39 is 0 Å². The molecule has 0 bridgehead atoms. The van der Waals surface area contributed by atoms with E-state index in [0.29, 0.717) is 19.4 Å². The molecule has 0 aliphatic rings. The van der Waals surface area contributed by atoms with Crippen LogP contribution in [0.3, 0.4) is 0 Å². The molecule has 16 heavy (non-hydrogen) atoms. The molecule has 5 heteroatoms. The summed E-state index contributed by atoms with van der Waals surface area (Å²) in [5.74, 6) is 0.0247. The zero-order valence-electron chi connectivity index (χ0n) is 9.86. The van der Waals surface area contributed by atoms with E-state index >= 15 is 0 Å². The van der Waals surface area contributed by atoms with Gasteiger partial charge in [0.1, 0.15) is 0 Å². The van der Waals surface area contributed by atoms with Gasteiger partial charge in [-0.3, -0.25) is 9.48 Å². The van der Waals surface area contributed by atoms with Crippen LogP contribution in [0.5, 0.6) is 0 Å². The predicted molar refractivity (Wildman–Crippen MR) is 60.7 cm³/mol. The predicted octanol–water partition coefficient (Wildman–Crippen LogP) is 0.507. The SMILES string of the molecule is Cc1nn(C)cc1CNC(=O)CCCCO. The Kier molecular flexibility index (Phi) is 4.98. The molecule has 0 aromatic carbocycles. The van der Waals surface area contributed by atoms with Crippen LogP contribution in [-0.4, -0.2) is 27.4 Å². The molecule has 0 atom stereocenters. The lowest BCUT2D eigenvalue weighted by Gasteiger charge is -2.03. The third-order valence-corrected chi connectivity index (χ3v) is 2.40. The summed E-state index contributed by atoms with van der Waals surface area (Å²) < 4.78 is 1.74. The molecule has 1 aromatic heterocycles. The molecule has 90 valence electrons. The van der Waals surface area contributed by atoms with E-state index in [2.05, 4.69) is 10.4 Å². The molecule has 0 radical (unpaired) electrons. The Hall–Kier alpha value is -1.36. The van der Waals surface area contributed by atoms with Crippen LogP contribution in [0.25, 0.3) is 0 Å². The largest absolute Gasteiger partial charge is 0.396 e. The number of rotatable bonds is 6. The van der Waals surface area contributed by atoms with Crippen LogP contribution in [0.4, 0.5) is 0 Å². The Morgan fingerprint density at radius 2 is 2.31 bits per heavy atom. The monoisotopic (exact) mass is 225 g/mol. The van der Waals surface area contributed by atoms with Gasteiger partial charge in [-0.2, -0.15) is 5.10 Å². The number of aliphatic hydroxyl groups is 1. The first-order valence-corrected chi connectivity index (χ1v) is 5.50. The van der Waals surface area contributed by atoms with Gasteiger partial charge in [-0.25, -0.2) is 0 Å². The minimum absolute atomic E-state index is 0.0247. The maximum Gasteiger partial charge on any atom is 0.220 e. The number of aryl methyl sites for hydroxylation is 2. The van der Waals surface area contributed by atoms with Gasteiger partial charge in [-0.1, -0.05) is 0 Å². The number of nitrogens with zero attached hydrogens (tertiary/aromatic N) is 2. The molecule has 1 rings (SSSR count). The van der Waals surface area contributed by atoms with E-state index in [-0.39, 0.29) is 12.5 Å². The van der Waals surface area contributed by atoms with Crippen LogP contribution in [0.1, 0.15) is 30.5 Å². The summed E-state index contributed by atoms with van der Waals surface area (Å²) in [6.07, 6.45) is 3.79. The van der Waals surface area contributed by atoms with Crippen LogP contribution in [-0.2, 0) is 18.4 Å². The maximum atomic E-state index is 11.4. The van der Waals surface area contributed by atoms with Gasteiger partial charge >= 0.3 is 0 Å². The van der Waals surface area contributed by atoms with E-state index in [4.69, 9.17) is 5.11 Å². The molecule has 1 aromatic rings. The minimum Gasteiger partial charge on any atom is -0.396 e. The number of hydrogen-bond donors (Lipinski definition) is 2. The van der Waals surface area contributed by atoms with E-state index in [1.807, 2.05) is 20.2 Å². The van der Waals surface area contributed by atoms with Crippen molar-refractivity contribution in [3.63, 3.8) is 0 Å². The zero-order chi connectivity index (χ0) is 12.0. The smallest absolute Gasteiger partial charge is 0.220 e. The van der Waals surface area contributed by atoms with Gasteiger partial charge in [0.25, 0.3) is 0 Å². The highest BCUT2D eigenvalue weighted by atomic mass is 16.2. The summed E-state index contributed by atoms with van der Waals surface area (Å²) in [6, 6.07) is 0. The van der Waals surface area contributed by atoms with Crippen LogP contribution < -0.4 is 5.32 Å². The van der Waals surface area contributed by atoms with Crippen molar-refractivity contribution in [1.82, 2.24) is 15.1 Å². The third-order valence-electron chi connectivity index (χ3n) is 2.40. The van der Waals surface area contributed by atoms with Crippen LogP contribution in [0.15, 0.2) is 6.20 Å². The fourth-order valence-electron chi connectivity index (χ4n) is 1.50. The van der Waals surface area contributed by atoms with Crippen molar-refractivity contribution in [1.29, 1.82) is 0 Å². The van der Waals surface area contributed by atoms with Crippen molar-refractivity contribution in [2.24, 2.45) is 7.05 Å². The van der Waals surface area contributed by atoms with Crippen molar-refractivity contribution >= 4 is 5.91 Å². The van der Waals surface area contributed by atoms with Gasteiger partial charge in [0, 0.05) is 38.4 Å². The number of hydrogen-bond acceptors (Lipinski definition) is 3. The molecule has 1 heterocycles. The summed E-state index contributed by atoms with van der Waals surface area (Å²) in [4.78, 5) is 11.4. The highest BCUT2D eigenvalue weighted by molar-refractivity contribution is 5.75. The number of unbranched alkanes of at least 4 members (excludes halogenated alkanes) is 1. The van der Waals surface area contributed by atoms with Crippen LogP contribution in [0, 0.1) is 6.92 Å². The molecule has 0 aliphatic carbocycles. The molecule has 0 aliphatic heterocycles. The lowest BCUT2D eigenvalue weighted by atomic mass is 10.2. The lowest BCUT2D eigenvalue weighted by molar-refractivity contribution is -0.121. The number of amides is 1. The van der Waals surface area contributed by atoms with Crippen molar-refractivity contribution in [3.8, 4) is 0 Å². The number of nitrogens with one attached hydrogen (secondary N) is 1. The second-order valence-corrected chi connectivity index (χ2v) is 3.87. The fraction of sp³-hybridized carbons (Fsp3) is 0.636. The summed E-state index contributed by atoms with van der Waals surface area (Å²) in [6.45, 7) is 2.60. The van der Waals surface area contributed by atoms with Crippen molar-refractivity contribution in [2.75, 3.05) is 6.61 Å². The topological polar surface area (TPSA) is 67.2 Å². The lowest BCUT2D eigenvalue weighted by Crippen LogP contribution is -2.22. The maximum absolute atomic E-state index is 11.4. The number of carbonyl (C=O) groups excluding carboxylic acids is 1. The Bertz CT molecular complexity index is 347. The van der Waals surface area contributed by atoms with E-state index in [1.165, 1.54) is 0 Å². The second-order valence-electron chi connectivity index (χ2n) is 3.87. The first-order chi connectivity index (χ1) is 7.63. The van der Waals surface area contributed by atoms with Gasteiger partial charge in [-0.15, -0.1) is 0 Å². The van der Waals surface area contributed by atoms with Crippen LogP contribution >= 0.6 is 0 Å². The average molecular weight is 225 g/mol. The third kappa shape index (κ3) is 4.02. The zero-order valence-corrected chi connectivity index (χ0v) is 9.86. The highest BCUT2D eigenvalue weighted by Crippen LogP contribution is 2.04. The summed E-state index contributed by atoms with van der Waals surface area (Å²) in [5, 5.41) is 15.6. The quantitative estimate of drug-likeness (QED) is 0.693. The second kappa shape index (κ2) is 6.27. The first-order valence-electron chi connectivity index (χ1n) is 5.50. The van der Waals surface area contributed by atoms with Gasteiger partial charge in [0.15, 0.2) is 0 Å². The Morgan fingerprint density at radius 1 is 1.56 bits per heavy atom. The van der Waals surface area contributed by atoms with Crippen molar-refractivity contribution < 1.29 is 9.90 Å². The molecule has 0 saturated heterocycles. The summed E-state index contributed by atoms with van der Waals surface area (Å²) in [7, 11) is 1.86. The van der Waals surface area contributed by atoms with Crippen molar-refractivity contribution in [3.05, 3.63) is 17.5 Å². The molecule has 5 nitrogen and oxygen atoms in total. The molecule has 0 saturated carbocycles. The molecular weight excluding hydrogens is 206 g/mol.